The average Bonchev–Trinajstić information content (AvgIpc) is 2.90. The first kappa shape index (κ1) is 28.7. The highest BCUT2D eigenvalue weighted by atomic mass is 16.6. The van der Waals surface area contributed by atoms with Crippen LogP contribution in [0.25, 0.3) is 0 Å². The molecule has 0 aliphatic carbocycles. The second-order valence-electron chi connectivity index (χ2n) is 10.5. The first-order valence-electron chi connectivity index (χ1n) is 13.2. The van der Waals surface area contributed by atoms with Crippen molar-refractivity contribution in [3.63, 3.8) is 0 Å². The van der Waals surface area contributed by atoms with Gasteiger partial charge in [-0.3, -0.25) is 4.79 Å². The van der Waals surface area contributed by atoms with Gasteiger partial charge in [-0.15, -0.1) is 0 Å². The number of rotatable bonds is 12. The summed E-state index contributed by atoms with van der Waals surface area (Å²) in [4.78, 5) is 24.8. The van der Waals surface area contributed by atoms with Crippen molar-refractivity contribution in [3.05, 3.63) is 54.1 Å². The molecule has 8 heteroatoms. The zero-order chi connectivity index (χ0) is 26.7. The van der Waals surface area contributed by atoms with Crippen LogP contribution in [-0.2, 0) is 18.8 Å². The van der Waals surface area contributed by atoms with Gasteiger partial charge < -0.3 is 23.5 Å². The fraction of sp³-hybridized carbons (Fsp3) is 0.517. The lowest BCUT2D eigenvalue weighted by Crippen LogP contribution is -2.40. The number of ether oxygens (including phenoxy) is 3. The predicted molar refractivity (Wildman–Crippen MR) is 143 cm³/mol. The van der Waals surface area contributed by atoms with Gasteiger partial charge in [0, 0.05) is 13.2 Å². The minimum atomic E-state index is -0.442. The Morgan fingerprint density at radius 2 is 1.54 bits per heavy atom. The average molecular weight is 510 g/mol. The van der Waals surface area contributed by atoms with Crippen molar-refractivity contribution in [2.24, 2.45) is 11.3 Å². The number of hydrogen-bond acceptors (Lipinski definition) is 7. The molecule has 37 heavy (non-hydrogen) atoms. The Hall–Kier alpha value is -2.84. The SMILES string of the molecule is CCC(CC(C)(C)C)C(=O)OCCCCOc1ccc(C(=O)Oc2ccc(B3OCCCO3)cc2)cc1. The largest absolute Gasteiger partial charge is 0.494 e. The Kier molecular flexibility index (Phi) is 11.0. The van der Waals surface area contributed by atoms with Crippen LogP contribution in [0.1, 0.15) is 70.2 Å². The zero-order valence-corrected chi connectivity index (χ0v) is 22.5. The van der Waals surface area contributed by atoms with Crippen molar-refractivity contribution in [3.8, 4) is 11.5 Å². The molecular formula is C29H39BO7. The molecule has 2 aromatic rings. The Balaban J connectivity index is 1.35. The van der Waals surface area contributed by atoms with Gasteiger partial charge in [0.05, 0.1) is 24.7 Å². The highest BCUT2D eigenvalue weighted by Gasteiger charge is 2.25. The molecule has 2 aromatic carbocycles. The van der Waals surface area contributed by atoms with Crippen molar-refractivity contribution in [1.29, 1.82) is 0 Å². The van der Waals surface area contributed by atoms with Crippen molar-refractivity contribution in [2.75, 3.05) is 26.4 Å². The highest BCUT2D eigenvalue weighted by Crippen LogP contribution is 2.27. The summed E-state index contributed by atoms with van der Waals surface area (Å²) >= 11 is 0. The maximum absolute atomic E-state index is 12.5. The van der Waals surface area contributed by atoms with E-state index in [2.05, 4.69) is 20.8 Å². The lowest BCUT2D eigenvalue weighted by Gasteiger charge is -2.23. The zero-order valence-electron chi connectivity index (χ0n) is 22.5. The van der Waals surface area contributed by atoms with Crippen molar-refractivity contribution >= 4 is 24.5 Å². The molecule has 0 bridgehead atoms. The van der Waals surface area contributed by atoms with Crippen LogP contribution >= 0.6 is 0 Å². The smallest absolute Gasteiger partial charge is 0.493 e. The van der Waals surface area contributed by atoms with Crippen LogP contribution < -0.4 is 14.9 Å². The minimum Gasteiger partial charge on any atom is -0.494 e. The molecule has 7 nitrogen and oxygen atoms in total. The summed E-state index contributed by atoms with van der Waals surface area (Å²) in [6.07, 6.45) is 4.01. The number of carbonyl (C=O) groups is 2. The monoisotopic (exact) mass is 510 g/mol. The van der Waals surface area contributed by atoms with E-state index in [0.717, 1.165) is 37.6 Å². The number of benzene rings is 2. The van der Waals surface area contributed by atoms with E-state index in [-0.39, 0.29) is 24.4 Å². The molecule has 1 unspecified atom stereocenters. The maximum Gasteiger partial charge on any atom is 0.493 e. The topological polar surface area (TPSA) is 80.3 Å². The summed E-state index contributed by atoms with van der Waals surface area (Å²) in [5, 5.41) is 0. The normalized spacial score (nSPS) is 14.6. The third kappa shape index (κ3) is 9.86. The Bertz CT molecular complexity index is 977. The van der Waals surface area contributed by atoms with E-state index in [1.165, 1.54) is 0 Å². The fourth-order valence-electron chi connectivity index (χ4n) is 4.04. The molecule has 0 saturated carbocycles. The third-order valence-corrected chi connectivity index (χ3v) is 6.02. The molecule has 1 aliphatic rings. The Labute approximate surface area is 220 Å². The van der Waals surface area contributed by atoms with E-state index >= 15 is 0 Å². The van der Waals surface area contributed by atoms with Crippen molar-refractivity contribution in [2.45, 2.75) is 59.8 Å². The molecule has 0 aromatic heterocycles. The molecule has 1 aliphatic heterocycles. The molecule has 1 atom stereocenters. The van der Waals surface area contributed by atoms with E-state index in [0.29, 0.717) is 43.5 Å². The molecule has 0 radical (unpaired) electrons. The molecule has 0 amide bonds. The summed E-state index contributed by atoms with van der Waals surface area (Å²) in [6, 6.07) is 14.0. The minimum absolute atomic E-state index is 0.0495. The summed E-state index contributed by atoms with van der Waals surface area (Å²) in [6.45, 7) is 10.7. The molecule has 1 fully saturated rings. The predicted octanol–water partition coefficient (Wildman–Crippen LogP) is 5.20. The van der Waals surface area contributed by atoms with Gasteiger partial charge in [-0.1, -0.05) is 39.8 Å². The van der Waals surface area contributed by atoms with Crippen LogP contribution in [0.15, 0.2) is 48.5 Å². The van der Waals surface area contributed by atoms with Crippen LogP contribution in [0, 0.1) is 11.3 Å². The quantitative estimate of drug-likeness (QED) is 0.168. The molecular weight excluding hydrogens is 471 g/mol. The van der Waals surface area contributed by atoms with Gasteiger partial charge in [-0.05, 0) is 79.4 Å². The standard InChI is InChI=1S/C29H39BO7/c1-5-22(21-29(2,3)4)27(31)34-18-7-6-17-33-25-13-9-23(10-14-25)28(32)37-26-15-11-24(12-16-26)30-35-19-8-20-36-30/h9-16,22H,5-8,17-21H2,1-4H3. The molecule has 200 valence electrons. The second-order valence-corrected chi connectivity index (χ2v) is 10.5. The molecule has 1 saturated heterocycles. The maximum atomic E-state index is 12.5. The van der Waals surface area contributed by atoms with E-state index < -0.39 is 5.97 Å². The third-order valence-electron chi connectivity index (χ3n) is 6.02. The summed E-state index contributed by atoms with van der Waals surface area (Å²) in [5.41, 5.74) is 1.43. The van der Waals surface area contributed by atoms with Crippen LogP contribution in [0.2, 0.25) is 0 Å². The number of esters is 2. The van der Waals surface area contributed by atoms with Crippen LogP contribution in [0.4, 0.5) is 0 Å². The van der Waals surface area contributed by atoms with Gasteiger partial charge in [0.2, 0.25) is 0 Å². The van der Waals surface area contributed by atoms with Gasteiger partial charge in [-0.2, -0.15) is 0 Å². The fourth-order valence-corrected chi connectivity index (χ4v) is 4.04. The van der Waals surface area contributed by atoms with Crippen LogP contribution in [0.3, 0.4) is 0 Å². The van der Waals surface area contributed by atoms with Crippen LogP contribution in [0.5, 0.6) is 11.5 Å². The molecule has 0 spiro atoms. The lowest BCUT2D eigenvalue weighted by molar-refractivity contribution is -0.150. The Morgan fingerprint density at radius 3 is 2.16 bits per heavy atom. The van der Waals surface area contributed by atoms with Crippen molar-refractivity contribution in [1.82, 2.24) is 0 Å². The highest BCUT2D eigenvalue weighted by molar-refractivity contribution is 6.61. The molecule has 1 heterocycles. The number of unbranched alkanes of at least 4 members (excludes halogenated alkanes) is 1. The first-order valence-corrected chi connectivity index (χ1v) is 13.2. The van der Waals surface area contributed by atoms with E-state index in [4.69, 9.17) is 23.5 Å². The van der Waals surface area contributed by atoms with Gasteiger partial charge in [-0.25, -0.2) is 4.79 Å². The number of hydrogen-bond donors (Lipinski definition) is 0. The molecule has 0 N–H and O–H groups in total. The van der Waals surface area contributed by atoms with Gasteiger partial charge >= 0.3 is 19.1 Å². The number of carbonyl (C=O) groups excluding carboxylic acids is 2. The van der Waals surface area contributed by atoms with Gasteiger partial charge in [0.25, 0.3) is 0 Å². The Morgan fingerprint density at radius 1 is 0.919 bits per heavy atom. The van der Waals surface area contributed by atoms with Crippen molar-refractivity contribution < 1.29 is 33.1 Å². The summed E-state index contributed by atoms with van der Waals surface area (Å²) in [5.74, 6) is 0.523. The van der Waals surface area contributed by atoms with Gasteiger partial charge in [0.15, 0.2) is 0 Å². The summed E-state index contributed by atoms with van der Waals surface area (Å²) in [7, 11) is -0.368. The van der Waals surface area contributed by atoms with Gasteiger partial charge in [0.1, 0.15) is 11.5 Å². The molecule has 3 rings (SSSR count). The van der Waals surface area contributed by atoms with E-state index in [1.54, 1.807) is 36.4 Å². The van der Waals surface area contributed by atoms with E-state index in [1.807, 2.05) is 19.1 Å². The van der Waals surface area contributed by atoms with E-state index in [9.17, 15) is 9.59 Å². The van der Waals surface area contributed by atoms with Crippen LogP contribution in [-0.4, -0.2) is 45.5 Å². The second kappa shape index (κ2) is 14.2. The first-order chi connectivity index (χ1) is 17.7. The lowest BCUT2D eigenvalue weighted by atomic mass is 9.78. The summed E-state index contributed by atoms with van der Waals surface area (Å²) < 4.78 is 27.9.